The summed E-state index contributed by atoms with van der Waals surface area (Å²) in [5.41, 5.74) is 0.634. The number of nitrogens with one attached hydrogen (secondary N) is 1. The minimum absolute atomic E-state index is 0.191. The second-order valence-electron chi connectivity index (χ2n) is 5.05. The first-order valence-corrected chi connectivity index (χ1v) is 8.13. The van der Waals surface area contributed by atoms with E-state index in [9.17, 15) is 9.59 Å². The molecule has 0 bridgehead atoms. The molecule has 1 heterocycles. The zero-order chi connectivity index (χ0) is 16.9. The van der Waals surface area contributed by atoms with Gasteiger partial charge in [-0.25, -0.2) is 4.68 Å². The molecule has 24 heavy (non-hydrogen) atoms. The standard InChI is InChI=1S/C18H15N3O2S/c1-21-17(22)12-11-15(20-21)18(23)19-14-9-5-6-10-16(14)24-13-7-3-2-4-8-13/h2-12H,1H3,(H,19,23). The van der Waals surface area contributed by atoms with E-state index >= 15 is 0 Å². The number of anilines is 1. The average Bonchev–Trinajstić information content (AvgIpc) is 2.60. The van der Waals surface area contributed by atoms with Crippen LogP contribution in [0.4, 0.5) is 5.69 Å². The van der Waals surface area contributed by atoms with Crippen LogP contribution in [0.25, 0.3) is 0 Å². The molecule has 1 amide bonds. The van der Waals surface area contributed by atoms with Gasteiger partial charge >= 0.3 is 0 Å². The lowest BCUT2D eigenvalue weighted by atomic mass is 10.3. The summed E-state index contributed by atoms with van der Waals surface area (Å²) < 4.78 is 1.14. The summed E-state index contributed by atoms with van der Waals surface area (Å²) in [6.07, 6.45) is 0. The number of benzene rings is 2. The maximum atomic E-state index is 12.4. The van der Waals surface area contributed by atoms with Gasteiger partial charge < -0.3 is 5.32 Å². The molecule has 0 aliphatic carbocycles. The molecular formula is C18H15N3O2S. The van der Waals surface area contributed by atoms with Gasteiger partial charge in [-0.2, -0.15) is 5.10 Å². The Bertz CT molecular complexity index is 923. The van der Waals surface area contributed by atoms with Crippen LogP contribution < -0.4 is 10.9 Å². The monoisotopic (exact) mass is 337 g/mol. The van der Waals surface area contributed by atoms with Crippen molar-refractivity contribution < 1.29 is 4.79 Å². The second-order valence-corrected chi connectivity index (χ2v) is 6.16. The van der Waals surface area contributed by atoms with Gasteiger partial charge in [-0.05, 0) is 30.3 Å². The Morgan fingerprint density at radius 3 is 2.46 bits per heavy atom. The molecule has 0 aliphatic rings. The summed E-state index contributed by atoms with van der Waals surface area (Å²) in [7, 11) is 1.51. The number of nitrogens with zero attached hydrogens (tertiary/aromatic N) is 2. The molecule has 0 spiro atoms. The van der Waals surface area contributed by atoms with Gasteiger partial charge in [0.2, 0.25) is 0 Å². The molecule has 0 aliphatic heterocycles. The maximum Gasteiger partial charge on any atom is 0.276 e. The molecule has 6 heteroatoms. The average molecular weight is 337 g/mol. The van der Waals surface area contributed by atoms with Crippen LogP contribution >= 0.6 is 11.8 Å². The van der Waals surface area contributed by atoms with E-state index in [4.69, 9.17) is 0 Å². The fraction of sp³-hybridized carbons (Fsp3) is 0.0556. The van der Waals surface area contributed by atoms with E-state index in [2.05, 4.69) is 10.4 Å². The highest BCUT2D eigenvalue weighted by atomic mass is 32.2. The van der Waals surface area contributed by atoms with Gasteiger partial charge in [-0.3, -0.25) is 9.59 Å². The van der Waals surface area contributed by atoms with Crippen LogP contribution in [-0.4, -0.2) is 15.7 Å². The van der Waals surface area contributed by atoms with Gasteiger partial charge in [0.25, 0.3) is 11.5 Å². The molecule has 0 saturated carbocycles. The number of amides is 1. The number of hydrogen-bond donors (Lipinski definition) is 1. The van der Waals surface area contributed by atoms with Crippen molar-refractivity contribution in [1.82, 2.24) is 9.78 Å². The Balaban J connectivity index is 1.83. The highest BCUT2D eigenvalue weighted by molar-refractivity contribution is 7.99. The number of para-hydroxylation sites is 1. The minimum Gasteiger partial charge on any atom is -0.320 e. The van der Waals surface area contributed by atoms with E-state index in [0.29, 0.717) is 5.69 Å². The van der Waals surface area contributed by atoms with Gasteiger partial charge in [0, 0.05) is 22.9 Å². The summed E-state index contributed by atoms with van der Waals surface area (Å²) in [5, 5.41) is 6.82. The van der Waals surface area contributed by atoms with Crippen LogP contribution in [0.15, 0.2) is 81.3 Å². The zero-order valence-electron chi connectivity index (χ0n) is 13.0. The third-order valence-corrected chi connectivity index (χ3v) is 4.38. The fourth-order valence-corrected chi connectivity index (χ4v) is 3.01. The van der Waals surface area contributed by atoms with Crippen molar-refractivity contribution >= 4 is 23.4 Å². The molecule has 3 rings (SSSR count). The number of aromatic nitrogens is 2. The third-order valence-electron chi connectivity index (χ3n) is 3.30. The van der Waals surface area contributed by atoms with Crippen LogP contribution in [-0.2, 0) is 7.05 Å². The second kappa shape index (κ2) is 7.14. The zero-order valence-corrected chi connectivity index (χ0v) is 13.8. The van der Waals surface area contributed by atoms with Gasteiger partial charge in [-0.15, -0.1) is 0 Å². The molecule has 1 N–H and O–H groups in total. The van der Waals surface area contributed by atoms with Crippen LogP contribution in [0, 0.1) is 0 Å². The predicted octanol–water partition coefficient (Wildman–Crippen LogP) is 3.18. The van der Waals surface area contributed by atoms with E-state index < -0.39 is 0 Å². The van der Waals surface area contributed by atoms with Crippen LogP contribution in [0.5, 0.6) is 0 Å². The molecule has 0 unspecified atom stereocenters. The maximum absolute atomic E-state index is 12.4. The number of carbonyl (C=O) groups excluding carboxylic acids is 1. The smallest absolute Gasteiger partial charge is 0.276 e. The molecule has 0 atom stereocenters. The Morgan fingerprint density at radius 2 is 1.71 bits per heavy atom. The summed E-state index contributed by atoms with van der Waals surface area (Å²) in [6.45, 7) is 0. The van der Waals surface area contributed by atoms with Gasteiger partial charge in [0.05, 0.1) is 5.69 Å². The first-order chi connectivity index (χ1) is 11.6. The molecule has 1 aromatic heterocycles. The SMILES string of the molecule is Cn1nc(C(=O)Nc2ccccc2Sc2ccccc2)ccc1=O. The van der Waals surface area contributed by atoms with E-state index in [1.807, 2.05) is 54.6 Å². The number of aryl methyl sites for hydroxylation is 1. The highest BCUT2D eigenvalue weighted by Gasteiger charge is 2.12. The lowest BCUT2D eigenvalue weighted by molar-refractivity contribution is 0.102. The summed E-state index contributed by atoms with van der Waals surface area (Å²) in [4.78, 5) is 25.8. The number of hydrogen-bond acceptors (Lipinski definition) is 4. The molecule has 0 fully saturated rings. The highest BCUT2D eigenvalue weighted by Crippen LogP contribution is 2.33. The first-order valence-electron chi connectivity index (χ1n) is 7.31. The minimum atomic E-state index is -0.355. The number of rotatable bonds is 4. The molecule has 3 aromatic rings. The largest absolute Gasteiger partial charge is 0.320 e. The summed E-state index contributed by atoms with van der Waals surface area (Å²) in [5.74, 6) is -0.355. The van der Waals surface area contributed by atoms with Crippen LogP contribution in [0.2, 0.25) is 0 Å². The Hall–Kier alpha value is -2.86. The van der Waals surface area contributed by atoms with Crippen molar-refractivity contribution in [2.24, 2.45) is 7.05 Å². The van der Waals surface area contributed by atoms with Crippen LogP contribution in [0.1, 0.15) is 10.5 Å². The van der Waals surface area contributed by atoms with Crippen molar-refractivity contribution in [3.63, 3.8) is 0 Å². The van der Waals surface area contributed by atoms with Crippen molar-refractivity contribution in [3.8, 4) is 0 Å². The van der Waals surface area contributed by atoms with E-state index in [-0.39, 0.29) is 17.2 Å². The third kappa shape index (κ3) is 3.72. The van der Waals surface area contributed by atoms with Gasteiger partial charge in [0.1, 0.15) is 5.69 Å². The molecule has 2 aromatic carbocycles. The fourth-order valence-electron chi connectivity index (χ4n) is 2.08. The lowest BCUT2D eigenvalue weighted by Crippen LogP contribution is -2.23. The Labute approximate surface area is 143 Å². The predicted molar refractivity (Wildman–Crippen MR) is 94.4 cm³/mol. The summed E-state index contributed by atoms with van der Waals surface area (Å²) >= 11 is 1.57. The molecular weight excluding hydrogens is 322 g/mol. The summed E-state index contributed by atoms with van der Waals surface area (Å²) in [6, 6.07) is 20.2. The van der Waals surface area contributed by atoms with Gasteiger partial charge in [0.15, 0.2) is 0 Å². The Kier molecular flexibility index (Phi) is 4.77. The quantitative estimate of drug-likeness (QED) is 0.794. The lowest BCUT2D eigenvalue weighted by Gasteiger charge is -2.10. The first kappa shape index (κ1) is 16.0. The topological polar surface area (TPSA) is 64.0 Å². The molecule has 120 valence electrons. The molecule has 0 saturated heterocycles. The van der Waals surface area contributed by atoms with Crippen molar-refractivity contribution in [3.05, 3.63) is 82.8 Å². The van der Waals surface area contributed by atoms with E-state index in [1.54, 1.807) is 11.8 Å². The van der Waals surface area contributed by atoms with Crippen LogP contribution in [0.3, 0.4) is 0 Å². The van der Waals surface area contributed by atoms with Crippen molar-refractivity contribution in [2.45, 2.75) is 9.79 Å². The van der Waals surface area contributed by atoms with Crippen molar-refractivity contribution in [1.29, 1.82) is 0 Å². The van der Waals surface area contributed by atoms with E-state index in [0.717, 1.165) is 14.5 Å². The molecule has 0 radical (unpaired) electrons. The van der Waals surface area contributed by atoms with Crippen molar-refractivity contribution in [2.75, 3.05) is 5.32 Å². The van der Waals surface area contributed by atoms with Gasteiger partial charge in [-0.1, -0.05) is 42.1 Å². The normalized spacial score (nSPS) is 10.4. The number of carbonyl (C=O) groups is 1. The molecule has 5 nitrogen and oxygen atoms in total. The Morgan fingerprint density at radius 1 is 1.00 bits per heavy atom. The van der Waals surface area contributed by atoms with E-state index in [1.165, 1.54) is 19.2 Å².